The van der Waals surface area contributed by atoms with Crippen LogP contribution in [0.25, 0.3) is 11.3 Å². The summed E-state index contributed by atoms with van der Waals surface area (Å²) in [7, 11) is 0. The summed E-state index contributed by atoms with van der Waals surface area (Å²) < 4.78 is 0. The molecule has 1 amide bonds. The van der Waals surface area contributed by atoms with Crippen LogP contribution in [0.15, 0.2) is 23.6 Å². The highest BCUT2D eigenvalue weighted by Crippen LogP contribution is 2.26. The smallest absolute Gasteiger partial charge is 0.243 e. The van der Waals surface area contributed by atoms with Gasteiger partial charge in [-0.25, -0.2) is 4.98 Å². The lowest BCUT2D eigenvalue weighted by Crippen LogP contribution is -2.39. The van der Waals surface area contributed by atoms with E-state index >= 15 is 0 Å². The maximum absolute atomic E-state index is 11.9. The van der Waals surface area contributed by atoms with Crippen LogP contribution in [0.3, 0.4) is 0 Å². The number of rotatable bonds is 4. The summed E-state index contributed by atoms with van der Waals surface area (Å²) in [5, 5.41) is 5.32. The van der Waals surface area contributed by atoms with Crippen LogP contribution < -0.4 is 11.1 Å². The third-order valence-corrected chi connectivity index (χ3v) is 4.32. The molecule has 0 fully saturated rings. The summed E-state index contributed by atoms with van der Waals surface area (Å²) in [6, 6.07) is 5.72. The van der Waals surface area contributed by atoms with E-state index in [-0.39, 0.29) is 11.8 Å². The molecule has 5 heteroatoms. The molecule has 112 valence electrons. The van der Waals surface area contributed by atoms with Gasteiger partial charge in [-0.15, -0.1) is 11.3 Å². The SMILES string of the molecule is Cc1ccc(-c2csc(NC(=O)[C@@H](N)C(C)C)n2)cc1C. The number of hydrogen-bond donors (Lipinski definition) is 2. The molecule has 1 atom stereocenters. The van der Waals surface area contributed by atoms with Crippen molar-refractivity contribution in [1.29, 1.82) is 0 Å². The van der Waals surface area contributed by atoms with E-state index in [1.165, 1.54) is 22.5 Å². The van der Waals surface area contributed by atoms with Crippen molar-refractivity contribution in [1.82, 2.24) is 4.98 Å². The van der Waals surface area contributed by atoms with Gasteiger partial charge in [0.2, 0.25) is 5.91 Å². The molecule has 1 aromatic carbocycles. The largest absolute Gasteiger partial charge is 0.320 e. The normalized spacial score (nSPS) is 12.5. The van der Waals surface area contributed by atoms with E-state index in [4.69, 9.17) is 5.73 Å². The van der Waals surface area contributed by atoms with Gasteiger partial charge >= 0.3 is 0 Å². The lowest BCUT2D eigenvalue weighted by Gasteiger charge is -2.13. The summed E-state index contributed by atoms with van der Waals surface area (Å²) in [6.45, 7) is 8.01. The molecule has 0 aliphatic heterocycles. The van der Waals surface area contributed by atoms with Crippen molar-refractivity contribution in [3.05, 3.63) is 34.7 Å². The van der Waals surface area contributed by atoms with Crippen molar-refractivity contribution >= 4 is 22.4 Å². The van der Waals surface area contributed by atoms with Gasteiger partial charge in [-0.1, -0.05) is 26.0 Å². The number of carbonyl (C=O) groups is 1. The van der Waals surface area contributed by atoms with Crippen molar-refractivity contribution in [3.63, 3.8) is 0 Å². The molecule has 1 heterocycles. The molecule has 0 aliphatic rings. The van der Waals surface area contributed by atoms with Gasteiger partial charge in [0, 0.05) is 10.9 Å². The van der Waals surface area contributed by atoms with E-state index in [0.717, 1.165) is 11.3 Å². The van der Waals surface area contributed by atoms with Gasteiger partial charge in [-0.2, -0.15) is 0 Å². The minimum absolute atomic E-state index is 0.101. The molecule has 21 heavy (non-hydrogen) atoms. The lowest BCUT2D eigenvalue weighted by molar-refractivity contribution is -0.118. The second-order valence-corrected chi connectivity index (χ2v) is 6.45. The van der Waals surface area contributed by atoms with Crippen LogP contribution in [-0.4, -0.2) is 16.9 Å². The number of carbonyl (C=O) groups excluding carboxylic acids is 1. The Kier molecular flexibility index (Phi) is 4.75. The van der Waals surface area contributed by atoms with E-state index in [2.05, 4.69) is 36.3 Å². The molecule has 0 saturated carbocycles. The Morgan fingerprint density at radius 1 is 1.29 bits per heavy atom. The van der Waals surface area contributed by atoms with E-state index in [1.54, 1.807) is 0 Å². The number of aromatic nitrogens is 1. The number of aryl methyl sites for hydroxylation is 2. The number of amides is 1. The third-order valence-electron chi connectivity index (χ3n) is 3.56. The van der Waals surface area contributed by atoms with Crippen molar-refractivity contribution in [2.75, 3.05) is 5.32 Å². The maximum Gasteiger partial charge on any atom is 0.243 e. The molecule has 0 aliphatic carbocycles. The first-order chi connectivity index (χ1) is 9.88. The van der Waals surface area contributed by atoms with Gasteiger partial charge in [0.15, 0.2) is 5.13 Å². The molecule has 2 aromatic rings. The molecule has 4 nitrogen and oxygen atoms in total. The zero-order chi connectivity index (χ0) is 15.6. The minimum atomic E-state index is -0.515. The molecule has 0 saturated heterocycles. The Morgan fingerprint density at radius 2 is 2.00 bits per heavy atom. The quantitative estimate of drug-likeness (QED) is 0.910. The van der Waals surface area contributed by atoms with Gasteiger partial charge in [-0.05, 0) is 37.0 Å². The fourth-order valence-electron chi connectivity index (χ4n) is 1.86. The molecule has 0 unspecified atom stereocenters. The predicted molar refractivity (Wildman–Crippen MR) is 88.5 cm³/mol. The Labute approximate surface area is 129 Å². The average molecular weight is 303 g/mol. The summed E-state index contributed by atoms with van der Waals surface area (Å²) in [4.78, 5) is 16.4. The highest BCUT2D eigenvalue weighted by Gasteiger charge is 2.18. The van der Waals surface area contributed by atoms with Crippen LogP contribution in [0, 0.1) is 19.8 Å². The van der Waals surface area contributed by atoms with Gasteiger partial charge in [0.25, 0.3) is 0 Å². The zero-order valence-corrected chi connectivity index (χ0v) is 13.6. The average Bonchev–Trinajstić information content (AvgIpc) is 2.89. The van der Waals surface area contributed by atoms with E-state index in [0.29, 0.717) is 5.13 Å². The number of hydrogen-bond acceptors (Lipinski definition) is 4. The van der Waals surface area contributed by atoms with E-state index in [9.17, 15) is 4.79 Å². The molecule has 0 spiro atoms. The first kappa shape index (κ1) is 15.7. The monoisotopic (exact) mass is 303 g/mol. The van der Waals surface area contributed by atoms with Crippen molar-refractivity contribution < 1.29 is 4.79 Å². The fraction of sp³-hybridized carbons (Fsp3) is 0.375. The number of nitrogens with two attached hydrogens (primary N) is 1. The molecule has 3 N–H and O–H groups in total. The highest BCUT2D eigenvalue weighted by molar-refractivity contribution is 7.14. The molecule has 0 radical (unpaired) electrons. The fourth-order valence-corrected chi connectivity index (χ4v) is 2.58. The van der Waals surface area contributed by atoms with Crippen LogP contribution in [0.2, 0.25) is 0 Å². The molecule has 1 aromatic heterocycles. The van der Waals surface area contributed by atoms with Gasteiger partial charge in [-0.3, -0.25) is 4.79 Å². The summed E-state index contributed by atoms with van der Waals surface area (Å²) in [6.07, 6.45) is 0. The topological polar surface area (TPSA) is 68.0 Å². The Bertz CT molecular complexity index is 649. The maximum atomic E-state index is 11.9. The molecule has 2 rings (SSSR count). The number of benzene rings is 1. The Hall–Kier alpha value is -1.72. The molecule has 0 bridgehead atoms. The van der Waals surface area contributed by atoms with Crippen LogP contribution in [-0.2, 0) is 4.79 Å². The molecular formula is C16H21N3OS. The standard InChI is InChI=1S/C16H21N3OS/c1-9(2)14(17)15(20)19-16-18-13(8-21-16)12-6-5-10(3)11(4)7-12/h5-9,14H,17H2,1-4H3,(H,18,19,20)/t14-/m0/s1. The van der Waals surface area contributed by atoms with Crippen molar-refractivity contribution in [2.45, 2.75) is 33.7 Å². The number of nitrogens with zero attached hydrogens (tertiary/aromatic N) is 1. The third kappa shape index (κ3) is 3.68. The summed E-state index contributed by atoms with van der Waals surface area (Å²) in [5.41, 5.74) is 10.2. The van der Waals surface area contributed by atoms with Gasteiger partial charge in [0.05, 0.1) is 11.7 Å². The van der Waals surface area contributed by atoms with Crippen molar-refractivity contribution in [2.24, 2.45) is 11.7 Å². The second kappa shape index (κ2) is 6.37. The van der Waals surface area contributed by atoms with Crippen LogP contribution in [0.5, 0.6) is 0 Å². The number of anilines is 1. The van der Waals surface area contributed by atoms with Gasteiger partial charge < -0.3 is 11.1 Å². The van der Waals surface area contributed by atoms with E-state index in [1.807, 2.05) is 25.3 Å². The minimum Gasteiger partial charge on any atom is -0.320 e. The highest BCUT2D eigenvalue weighted by atomic mass is 32.1. The predicted octanol–water partition coefficient (Wildman–Crippen LogP) is 3.35. The summed E-state index contributed by atoms with van der Waals surface area (Å²) in [5.74, 6) is -0.0878. The van der Waals surface area contributed by atoms with Gasteiger partial charge in [0.1, 0.15) is 0 Å². The summed E-state index contributed by atoms with van der Waals surface area (Å²) >= 11 is 1.41. The zero-order valence-electron chi connectivity index (χ0n) is 12.8. The first-order valence-electron chi connectivity index (χ1n) is 6.98. The van der Waals surface area contributed by atoms with Crippen LogP contribution in [0.4, 0.5) is 5.13 Å². The number of thiazole rings is 1. The van der Waals surface area contributed by atoms with E-state index < -0.39 is 6.04 Å². The van der Waals surface area contributed by atoms with Crippen LogP contribution >= 0.6 is 11.3 Å². The molecular weight excluding hydrogens is 282 g/mol. The van der Waals surface area contributed by atoms with Crippen LogP contribution in [0.1, 0.15) is 25.0 Å². The van der Waals surface area contributed by atoms with Crippen molar-refractivity contribution in [3.8, 4) is 11.3 Å². The number of nitrogens with one attached hydrogen (secondary N) is 1. The second-order valence-electron chi connectivity index (χ2n) is 5.60. The lowest BCUT2D eigenvalue weighted by atomic mass is 10.1. The first-order valence-corrected chi connectivity index (χ1v) is 7.86. The Morgan fingerprint density at radius 3 is 2.62 bits per heavy atom. The Balaban J connectivity index is 2.14.